The van der Waals surface area contributed by atoms with Gasteiger partial charge in [-0.05, 0) is 30.3 Å². The van der Waals surface area contributed by atoms with Crippen molar-refractivity contribution in [3.63, 3.8) is 0 Å². The molecule has 0 N–H and O–H groups in total. The summed E-state index contributed by atoms with van der Waals surface area (Å²) >= 11 is 3.37. The Morgan fingerprint density at radius 1 is 1.12 bits per heavy atom. The average molecular weight is 292 g/mol. The molecule has 0 aliphatic carbocycles. The highest BCUT2D eigenvalue weighted by atomic mass is 79.9. The zero-order chi connectivity index (χ0) is 11.8. The molecule has 0 amide bonds. The molecule has 3 aromatic rings. The van der Waals surface area contributed by atoms with Gasteiger partial charge in [0.1, 0.15) is 11.3 Å². The first-order chi connectivity index (χ1) is 8.24. The standard InChI is InChI=1S/C13H7BrFNO/c14-9-4-5-11-12(7-9)16-17-13(11)8-2-1-3-10(15)6-8/h1-7H. The van der Waals surface area contributed by atoms with Gasteiger partial charge < -0.3 is 4.52 Å². The van der Waals surface area contributed by atoms with Crippen molar-refractivity contribution in [1.82, 2.24) is 5.16 Å². The fourth-order valence-corrected chi connectivity index (χ4v) is 2.10. The van der Waals surface area contributed by atoms with Crippen molar-refractivity contribution >= 4 is 26.8 Å². The van der Waals surface area contributed by atoms with Crippen LogP contribution in [0, 0.1) is 5.82 Å². The Balaban J connectivity index is 2.24. The predicted molar refractivity (Wildman–Crippen MR) is 67.1 cm³/mol. The van der Waals surface area contributed by atoms with Crippen LogP contribution in [0.1, 0.15) is 0 Å². The van der Waals surface area contributed by atoms with Gasteiger partial charge in [-0.3, -0.25) is 0 Å². The lowest BCUT2D eigenvalue weighted by molar-refractivity contribution is 0.440. The van der Waals surface area contributed by atoms with Gasteiger partial charge >= 0.3 is 0 Å². The van der Waals surface area contributed by atoms with Crippen molar-refractivity contribution in [1.29, 1.82) is 0 Å². The van der Waals surface area contributed by atoms with Gasteiger partial charge in [-0.1, -0.05) is 33.2 Å². The number of halogens is 2. The highest BCUT2D eigenvalue weighted by molar-refractivity contribution is 9.10. The monoisotopic (exact) mass is 291 g/mol. The summed E-state index contributed by atoms with van der Waals surface area (Å²) in [5, 5.41) is 4.83. The number of benzene rings is 2. The number of nitrogens with zero attached hydrogens (tertiary/aromatic N) is 1. The Labute approximate surface area is 105 Å². The Morgan fingerprint density at radius 3 is 2.82 bits per heavy atom. The molecule has 0 saturated heterocycles. The molecule has 0 fully saturated rings. The minimum atomic E-state index is -0.288. The topological polar surface area (TPSA) is 26.0 Å². The fraction of sp³-hybridized carbons (Fsp3) is 0. The van der Waals surface area contributed by atoms with E-state index >= 15 is 0 Å². The van der Waals surface area contributed by atoms with E-state index in [1.54, 1.807) is 12.1 Å². The molecule has 0 aliphatic heterocycles. The summed E-state index contributed by atoms with van der Waals surface area (Å²) in [4.78, 5) is 0. The van der Waals surface area contributed by atoms with E-state index in [4.69, 9.17) is 4.52 Å². The van der Waals surface area contributed by atoms with E-state index in [2.05, 4.69) is 21.1 Å². The van der Waals surface area contributed by atoms with Gasteiger partial charge in [-0.15, -0.1) is 0 Å². The van der Waals surface area contributed by atoms with Crippen molar-refractivity contribution in [2.24, 2.45) is 0 Å². The normalized spacial score (nSPS) is 10.9. The van der Waals surface area contributed by atoms with Crippen LogP contribution in [0.2, 0.25) is 0 Å². The number of rotatable bonds is 1. The molecule has 0 spiro atoms. The first-order valence-corrected chi connectivity index (χ1v) is 5.84. The number of hydrogen-bond donors (Lipinski definition) is 0. The molecule has 4 heteroatoms. The van der Waals surface area contributed by atoms with E-state index in [0.717, 1.165) is 15.4 Å². The smallest absolute Gasteiger partial charge is 0.174 e. The van der Waals surface area contributed by atoms with Gasteiger partial charge in [-0.2, -0.15) is 0 Å². The van der Waals surface area contributed by atoms with E-state index in [0.29, 0.717) is 11.3 Å². The Bertz CT molecular complexity index is 693. The molecule has 17 heavy (non-hydrogen) atoms. The number of hydrogen-bond acceptors (Lipinski definition) is 2. The van der Waals surface area contributed by atoms with Crippen molar-refractivity contribution in [3.05, 3.63) is 52.8 Å². The third kappa shape index (κ3) is 1.85. The lowest BCUT2D eigenvalue weighted by atomic mass is 10.1. The molecular formula is C13H7BrFNO. The van der Waals surface area contributed by atoms with E-state index in [9.17, 15) is 4.39 Å². The molecule has 0 bridgehead atoms. The van der Waals surface area contributed by atoms with Crippen LogP contribution in [0.4, 0.5) is 4.39 Å². The number of aromatic nitrogens is 1. The molecule has 0 unspecified atom stereocenters. The van der Waals surface area contributed by atoms with E-state index in [1.807, 2.05) is 18.2 Å². The lowest BCUT2D eigenvalue weighted by Crippen LogP contribution is -1.78. The predicted octanol–water partition coefficient (Wildman–Crippen LogP) is 4.40. The Morgan fingerprint density at radius 2 is 2.00 bits per heavy atom. The maximum atomic E-state index is 13.2. The molecular weight excluding hydrogens is 285 g/mol. The third-order valence-electron chi connectivity index (χ3n) is 2.53. The van der Waals surface area contributed by atoms with Crippen molar-refractivity contribution in [2.75, 3.05) is 0 Å². The first kappa shape index (κ1) is 10.5. The second kappa shape index (κ2) is 3.96. The summed E-state index contributed by atoms with van der Waals surface area (Å²) in [6.07, 6.45) is 0. The maximum absolute atomic E-state index is 13.2. The summed E-state index contributed by atoms with van der Waals surface area (Å²) in [6.45, 7) is 0. The molecule has 1 heterocycles. The average Bonchev–Trinajstić information content (AvgIpc) is 2.71. The van der Waals surface area contributed by atoms with Gasteiger partial charge in [0.15, 0.2) is 5.76 Å². The largest absolute Gasteiger partial charge is 0.355 e. The van der Waals surface area contributed by atoms with Crippen LogP contribution < -0.4 is 0 Å². The summed E-state index contributed by atoms with van der Waals surface area (Å²) in [5.41, 5.74) is 1.44. The van der Waals surface area contributed by atoms with Crippen LogP contribution in [0.3, 0.4) is 0 Å². The van der Waals surface area contributed by atoms with Gasteiger partial charge in [0, 0.05) is 15.4 Å². The molecule has 0 saturated carbocycles. The van der Waals surface area contributed by atoms with Crippen LogP contribution >= 0.6 is 15.9 Å². The van der Waals surface area contributed by atoms with Crippen LogP contribution in [-0.2, 0) is 0 Å². The highest BCUT2D eigenvalue weighted by Gasteiger charge is 2.11. The van der Waals surface area contributed by atoms with Crippen molar-refractivity contribution in [2.45, 2.75) is 0 Å². The molecule has 1 aromatic heterocycles. The molecule has 3 rings (SSSR count). The number of fused-ring (bicyclic) bond motifs is 1. The zero-order valence-corrected chi connectivity index (χ0v) is 10.2. The van der Waals surface area contributed by atoms with Crippen molar-refractivity contribution in [3.8, 4) is 11.3 Å². The summed E-state index contributed by atoms with van der Waals surface area (Å²) in [6, 6.07) is 11.9. The van der Waals surface area contributed by atoms with Crippen molar-refractivity contribution < 1.29 is 8.91 Å². The first-order valence-electron chi connectivity index (χ1n) is 5.05. The van der Waals surface area contributed by atoms with Crippen LogP contribution in [0.25, 0.3) is 22.2 Å². The summed E-state index contributed by atoms with van der Waals surface area (Å²) < 4.78 is 19.4. The Hall–Kier alpha value is -1.68. The molecule has 2 aromatic carbocycles. The SMILES string of the molecule is Fc1cccc(-c2onc3cc(Br)ccc23)c1. The van der Waals surface area contributed by atoms with E-state index in [1.165, 1.54) is 12.1 Å². The summed E-state index contributed by atoms with van der Waals surface area (Å²) in [7, 11) is 0. The second-order valence-electron chi connectivity index (χ2n) is 3.68. The van der Waals surface area contributed by atoms with Gasteiger partial charge in [0.05, 0.1) is 0 Å². The van der Waals surface area contributed by atoms with Gasteiger partial charge in [0.2, 0.25) is 0 Å². The minimum absolute atomic E-state index is 0.288. The Kier molecular flexibility index (Phi) is 2.44. The minimum Gasteiger partial charge on any atom is -0.355 e. The fourth-order valence-electron chi connectivity index (χ4n) is 1.75. The quantitative estimate of drug-likeness (QED) is 0.664. The molecule has 0 atom stereocenters. The third-order valence-corrected chi connectivity index (χ3v) is 3.02. The van der Waals surface area contributed by atoms with Crippen LogP contribution in [0.15, 0.2) is 51.5 Å². The highest BCUT2D eigenvalue weighted by Crippen LogP contribution is 2.30. The maximum Gasteiger partial charge on any atom is 0.174 e. The van der Waals surface area contributed by atoms with Crippen LogP contribution in [-0.4, -0.2) is 5.16 Å². The lowest BCUT2D eigenvalue weighted by Gasteiger charge is -1.96. The summed E-state index contributed by atoms with van der Waals surface area (Å²) in [5.74, 6) is 0.302. The van der Waals surface area contributed by atoms with E-state index < -0.39 is 0 Å². The second-order valence-corrected chi connectivity index (χ2v) is 4.60. The molecule has 84 valence electrons. The van der Waals surface area contributed by atoms with Gasteiger partial charge in [-0.25, -0.2) is 4.39 Å². The molecule has 0 aliphatic rings. The zero-order valence-electron chi connectivity index (χ0n) is 8.65. The van der Waals surface area contributed by atoms with Gasteiger partial charge in [0.25, 0.3) is 0 Å². The molecule has 2 nitrogen and oxygen atoms in total. The van der Waals surface area contributed by atoms with E-state index in [-0.39, 0.29) is 5.82 Å². The van der Waals surface area contributed by atoms with Crippen LogP contribution in [0.5, 0.6) is 0 Å². The molecule has 0 radical (unpaired) electrons.